The molecule has 0 heterocycles. The molecule has 3 N–H and O–H groups in total. The third-order valence-electron chi connectivity index (χ3n) is 2.70. The van der Waals surface area contributed by atoms with Gasteiger partial charge in [0.1, 0.15) is 5.75 Å². The zero-order valence-electron chi connectivity index (χ0n) is 10.6. The number of nitrogen functional groups attached to an aromatic ring is 1. The number of carbonyl (C=O) groups is 1. The Bertz CT molecular complexity index is 660. The van der Waals surface area contributed by atoms with E-state index in [2.05, 4.69) is 37.2 Å². The summed E-state index contributed by atoms with van der Waals surface area (Å²) in [6, 6.07) is 10.4. The predicted molar refractivity (Wildman–Crippen MR) is 87.2 cm³/mol. The number of rotatable bonds is 3. The quantitative estimate of drug-likeness (QED) is 0.765. The first kappa shape index (κ1) is 14.9. The Balaban J connectivity index is 2.31. The number of amides is 1. The lowest BCUT2D eigenvalue weighted by Crippen LogP contribution is -2.14. The number of nitrogens with two attached hydrogens (primary N) is 1. The standard InChI is InChI=1S/C14H12Br2N2O2/c1-20-13-7-12(9(15)6-10(13)16)18-14(19)8-4-2-3-5-11(8)17/h2-7H,17H2,1H3,(H,18,19). The van der Waals surface area contributed by atoms with Gasteiger partial charge in [-0.15, -0.1) is 0 Å². The summed E-state index contributed by atoms with van der Waals surface area (Å²) in [6.45, 7) is 0. The predicted octanol–water partition coefficient (Wildman–Crippen LogP) is 4.05. The van der Waals surface area contributed by atoms with E-state index in [0.717, 1.165) is 8.95 Å². The lowest BCUT2D eigenvalue weighted by Gasteiger charge is -2.12. The van der Waals surface area contributed by atoms with Gasteiger partial charge >= 0.3 is 0 Å². The zero-order valence-corrected chi connectivity index (χ0v) is 13.8. The highest BCUT2D eigenvalue weighted by molar-refractivity contribution is 9.11. The number of nitrogens with one attached hydrogen (secondary N) is 1. The Morgan fingerprint density at radius 2 is 1.90 bits per heavy atom. The maximum Gasteiger partial charge on any atom is 0.257 e. The Morgan fingerprint density at radius 1 is 1.20 bits per heavy atom. The molecule has 0 unspecified atom stereocenters. The molecular weight excluding hydrogens is 388 g/mol. The van der Waals surface area contributed by atoms with E-state index in [-0.39, 0.29) is 5.91 Å². The Kier molecular flexibility index (Phi) is 4.67. The third kappa shape index (κ3) is 3.13. The topological polar surface area (TPSA) is 64.3 Å². The van der Waals surface area contributed by atoms with Crippen molar-refractivity contribution in [2.45, 2.75) is 0 Å². The van der Waals surface area contributed by atoms with Gasteiger partial charge in [-0.2, -0.15) is 0 Å². The van der Waals surface area contributed by atoms with E-state index in [4.69, 9.17) is 10.5 Å². The molecule has 0 aromatic heterocycles. The van der Waals surface area contributed by atoms with Crippen LogP contribution in [0.1, 0.15) is 10.4 Å². The highest BCUT2D eigenvalue weighted by Gasteiger charge is 2.13. The van der Waals surface area contributed by atoms with Crippen molar-refractivity contribution in [3.05, 3.63) is 50.9 Å². The maximum absolute atomic E-state index is 12.2. The molecule has 20 heavy (non-hydrogen) atoms. The summed E-state index contributed by atoms with van der Waals surface area (Å²) < 4.78 is 6.75. The van der Waals surface area contributed by atoms with Gasteiger partial charge in [0.25, 0.3) is 5.91 Å². The average molecular weight is 400 g/mol. The van der Waals surface area contributed by atoms with Gasteiger partial charge < -0.3 is 15.8 Å². The normalized spacial score (nSPS) is 10.2. The van der Waals surface area contributed by atoms with Crippen molar-refractivity contribution in [1.82, 2.24) is 0 Å². The van der Waals surface area contributed by atoms with Gasteiger partial charge in [0, 0.05) is 16.2 Å². The zero-order chi connectivity index (χ0) is 14.7. The fraction of sp³-hybridized carbons (Fsp3) is 0.0714. The first-order valence-electron chi connectivity index (χ1n) is 5.72. The second-order valence-electron chi connectivity index (χ2n) is 4.01. The van der Waals surface area contributed by atoms with E-state index in [1.54, 1.807) is 37.4 Å². The average Bonchev–Trinajstić information content (AvgIpc) is 2.42. The molecule has 0 aliphatic carbocycles. The van der Waals surface area contributed by atoms with E-state index in [1.807, 2.05) is 6.07 Å². The van der Waals surface area contributed by atoms with Crippen LogP contribution in [0.3, 0.4) is 0 Å². The van der Waals surface area contributed by atoms with Crippen LogP contribution in [0, 0.1) is 0 Å². The number of ether oxygens (including phenoxy) is 1. The minimum atomic E-state index is -0.270. The molecule has 104 valence electrons. The van der Waals surface area contributed by atoms with Crippen molar-refractivity contribution in [1.29, 1.82) is 0 Å². The Hall–Kier alpha value is -1.53. The fourth-order valence-electron chi connectivity index (χ4n) is 1.67. The van der Waals surface area contributed by atoms with Crippen LogP contribution in [0.4, 0.5) is 11.4 Å². The minimum absolute atomic E-state index is 0.270. The largest absolute Gasteiger partial charge is 0.495 e. The van der Waals surface area contributed by atoms with Crippen molar-refractivity contribution in [3.63, 3.8) is 0 Å². The van der Waals surface area contributed by atoms with Crippen LogP contribution in [0.5, 0.6) is 5.75 Å². The third-order valence-corrected chi connectivity index (χ3v) is 3.97. The number of benzene rings is 2. The van der Waals surface area contributed by atoms with Crippen LogP contribution >= 0.6 is 31.9 Å². The number of methoxy groups -OCH3 is 1. The molecule has 0 aliphatic rings. The van der Waals surface area contributed by atoms with Crippen molar-refractivity contribution in [2.24, 2.45) is 0 Å². The van der Waals surface area contributed by atoms with Gasteiger partial charge in [-0.05, 0) is 50.1 Å². The summed E-state index contributed by atoms with van der Waals surface area (Å²) in [7, 11) is 1.56. The molecule has 0 saturated carbocycles. The van der Waals surface area contributed by atoms with Crippen molar-refractivity contribution in [3.8, 4) is 5.75 Å². The summed E-state index contributed by atoms with van der Waals surface area (Å²) in [6.07, 6.45) is 0. The second-order valence-corrected chi connectivity index (χ2v) is 5.72. The van der Waals surface area contributed by atoms with Crippen molar-refractivity contribution >= 4 is 49.1 Å². The molecule has 0 spiro atoms. The lowest BCUT2D eigenvalue weighted by atomic mass is 10.1. The van der Waals surface area contributed by atoms with Crippen LogP contribution in [0.15, 0.2) is 45.3 Å². The smallest absolute Gasteiger partial charge is 0.257 e. The first-order chi connectivity index (χ1) is 9.52. The monoisotopic (exact) mass is 398 g/mol. The minimum Gasteiger partial charge on any atom is -0.495 e. The summed E-state index contributed by atoms with van der Waals surface area (Å²) in [4.78, 5) is 12.2. The lowest BCUT2D eigenvalue weighted by molar-refractivity contribution is 0.102. The van der Waals surface area contributed by atoms with Gasteiger partial charge in [-0.1, -0.05) is 12.1 Å². The SMILES string of the molecule is COc1cc(NC(=O)c2ccccc2N)c(Br)cc1Br. The first-order valence-corrected chi connectivity index (χ1v) is 7.30. The van der Waals surface area contributed by atoms with E-state index in [1.165, 1.54) is 0 Å². The van der Waals surface area contributed by atoms with Gasteiger partial charge in [-0.3, -0.25) is 4.79 Å². The van der Waals surface area contributed by atoms with E-state index in [9.17, 15) is 4.79 Å². The molecule has 2 rings (SSSR count). The van der Waals surface area contributed by atoms with Crippen LogP contribution in [-0.2, 0) is 0 Å². The summed E-state index contributed by atoms with van der Waals surface area (Å²) >= 11 is 6.77. The summed E-state index contributed by atoms with van der Waals surface area (Å²) in [5.74, 6) is 0.359. The number of hydrogen-bond acceptors (Lipinski definition) is 3. The van der Waals surface area contributed by atoms with Gasteiger partial charge in [0.15, 0.2) is 0 Å². The molecular formula is C14H12Br2N2O2. The molecule has 2 aromatic rings. The van der Waals surface area contributed by atoms with Crippen LogP contribution in [0.25, 0.3) is 0 Å². The van der Waals surface area contributed by atoms with Crippen LogP contribution in [0.2, 0.25) is 0 Å². The highest BCUT2D eigenvalue weighted by Crippen LogP contribution is 2.34. The summed E-state index contributed by atoms with van der Waals surface area (Å²) in [5, 5.41) is 2.80. The molecule has 6 heteroatoms. The molecule has 2 aromatic carbocycles. The number of para-hydroxylation sites is 1. The molecule has 0 bridgehead atoms. The van der Waals surface area contributed by atoms with E-state index < -0.39 is 0 Å². The highest BCUT2D eigenvalue weighted by atomic mass is 79.9. The van der Waals surface area contributed by atoms with Crippen LogP contribution in [-0.4, -0.2) is 13.0 Å². The molecule has 0 aliphatic heterocycles. The number of halogens is 2. The fourth-order valence-corrected chi connectivity index (χ4v) is 2.93. The van der Waals surface area contributed by atoms with Crippen molar-refractivity contribution in [2.75, 3.05) is 18.2 Å². The van der Waals surface area contributed by atoms with E-state index >= 15 is 0 Å². The van der Waals surface area contributed by atoms with Gasteiger partial charge in [0.2, 0.25) is 0 Å². The molecule has 4 nitrogen and oxygen atoms in total. The maximum atomic E-state index is 12.2. The van der Waals surface area contributed by atoms with Gasteiger partial charge in [0.05, 0.1) is 22.8 Å². The number of carbonyl (C=O) groups excluding carboxylic acids is 1. The Morgan fingerprint density at radius 3 is 2.55 bits per heavy atom. The molecule has 0 radical (unpaired) electrons. The van der Waals surface area contributed by atoms with Crippen molar-refractivity contribution < 1.29 is 9.53 Å². The van der Waals surface area contributed by atoms with E-state index in [0.29, 0.717) is 22.7 Å². The number of hydrogen-bond donors (Lipinski definition) is 2. The molecule has 0 atom stereocenters. The molecule has 1 amide bonds. The second kappa shape index (κ2) is 6.28. The van der Waals surface area contributed by atoms with Crippen LogP contribution < -0.4 is 15.8 Å². The molecule has 0 saturated heterocycles. The molecule has 0 fully saturated rings. The summed E-state index contributed by atoms with van der Waals surface area (Å²) in [5.41, 5.74) is 7.27. The number of anilines is 2. The van der Waals surface area contributed by atoms with Gasteiger partial charge in [-0.25, -0.2) is 0 Å². The Labute approximate surface area is 133 Å².